The molecule has 7 heteroatoms. The number of aromatic nitrogens is 1. The summed E-state index contributed by atoms with van der Waals surface area (Å²) in [5.74, 6) is -0.750. The lowest BCUT2D eigenvalue weighted by Crippen LogP contribution is -2.45. The van der Waals surface area contributed by atoms with Gasteiger partial charge in [0.1, 0.15) is 5.82 Å². The van der Waals surface area contributed by atoms with Crippen molar-refractivity contribution in [3.05, 3.63) is 35.3 Å². The molecule has 0 bridgehead atoms. The van der Waals surface area contributed by atoms with E-state index in [2.05, 4.69) is 0 Å². The number of ketones is 1. The first-order chi connectivity index (χ1) is 12.6. The van der Waals surface area contributed by atoms with Gasteiger partial charge in [-0.1, -0.05) is 0 Å². The summed E-state index contributed by atoms with van der Waals surface area (Å²) in [5.41, 5.74) is 2.01. The van der Waals surface area contributed by atoms with Crippen molar-refractivity contribution in [3.63, 3.8) is 0 Å². The van der Waals surface area contributed by atoms with Crippen LogP contribution < -0.4 is 0 Å². The van der Waals surface area contributed by atoms with Crippen molar-refractivity contribution in [1.29, 1.82) is 0 Å². The summed E-state index contributed by atoms with van der Waals surface area (Å²) in [6.45, 7) is 3.03. The maximum Gasteiger partial charge on any atom is 0.320 e. The number of alkyl halides is 1. The topological polar surface area (TPSA) is 45.6 Å². The number of carbonyl (C=O) groups is 2. The summed E-state index contributed by atoms with van der Waals surface area (Å²) < 4.78 is 16.2. The lowest BCUT2D eigenvalue weighted by molar-refractivity contribution is 0.102. The van der Waals surface area contributed by atoms with Gasteiger partial charge in [-0.05, 0) is 37.0 Å². The fraction of sp³-hybridized carbons (Fsp3) is 0.474. The van der Waals surface area contributed by atoms with Crippen LogP contribution in [-0.4, -0.2) is 51.7 Å². The van der Waals surface area contributed by atoms with Crippen LogP contribution in [0.2, 0.25) is 0 Å². The number of urea groups is 1. The van der Waals surface area contributed by atoms with Crippen LogP contribution in [0.1, 0.15) is 35.2 Å². The molecule has 2 aromatic rings. The molecule has 1 fully saturated rings. The fourth-order valence-electron chi connectivity index (χ4n) is 4.04. The Bertz CT molecular complexity index is 873. The molecule has 3 heterocycles. The number of likely N-dealkylation sites (tertiary alicyclic amines) is 1. The van der Waals surface area contributed by atoms with Gasteiger partial charge in [-0.2, -0.15) is 0 Å². The van der Waals surface area contributed by atoms with E-state index in [4.69, 9.17) is 11.6 Å². The van der Waals surface area contributed by atoms with Crippen molar-refractivity contribution < 1.29 is 14.0 Å². The maximum absolute atomic E-state index is 14.2. The second kappa shape index (κ2) is 6.91. The zero-order valence-corrected chi connectivity index (χ0v) is 15.3. The summed E-state index contributed by atoms with van der Waals surface area (Å²) in [4.78, 5) is 28.7. The molecule has 0 spiro atoms. The first kappa shape index (κ1) is 17.3. The van der Waals surface area contributed by atoms with Gasteiger partial charge in [-0.3, -0.25) is 4.79 Å². The molecule has 0 aliphatic carbocycles. The molecule has 2 aliphatic heterocycles. The van der Waals surface area contributed by atoms with Crippen LogP contribution in [0, 0.1) is 5.82 Å². The largest absolute Gasteiger partial charge is 0.345 e. The first-order valence-electron chi connectivity index (χ1n) is 9.03. The third-order valence-electron chi connectivity index (χ3n) is 5.31. The lowest BCUT2D eigenvalue weighted by atomic mass is 10.1. The van der Waals surface area contributed by atoms with Gasteiger partial charge in [0.25, 0.3) is 0 Å². The second-order valence-corrected chi connectivity index (χ2v) is 7.27. The number of piperidine rings is 1. The minimum absolute atomic E-state index is 0.0184. The number of hydrogen-bond acceptors (Lipinski definition) is 2. The molecule has 138 valence electrons. The van der Waals surface area contributed by atoms with Gasteiger partial charge in [-0.15, -0.1) is 11.6 Å². The molecule has 2 amide bonds. The molecular weight excluding hydrogens is 357 g/mol. The number of halogens is 2. The standard InChI is InChI=1S/C19H21ClFN3O2/c20-10-17(25)16-12-23-6-7-24(19(26)22-4-2-1-3-5-22)11-13-8-14(21)9-15(16)18(13)23/h8-9,12H,1-7,10-11H2. The van der Waals surface area contributed by atoms with E-state index in [9.17, 15) is 14.0 Å². The molecular formula is C19H21ClFN3O2. The highest BCUT2D eigenvalue weighted by Gasteiger charge is 2.27. The molecule has 4 rings (SSSR count). The Morgan fingerprint density at radius 2 is 1.81 bits per heavy atom. The second-order valence-electron chi connectivity index (χ2n) is 7.01. The molecule has 1 saturated heterocycles. The Hall–Kier alpha value is -2.08. The van der Waals surface area contributed by atoms with Gasteiger partial charge in [0.05, 0.1) is 11.4 Å². The Morgan fingerprint density at radius 1 is 1.04 bits per heavy atom. The molecule has 0 N–H and O–H groups in total. The molecule has 2 aliphatic rings. The van der Waals surface area contributed by atoms with Crippen LogP contribution in [0.25, 0.3) is 10.9 Å². The Kier molecular flexibility index (Phi) is 4.61. The van der Waals surface area contributed by atoms with Gasteiger partial charge < -0.3 is 14.4 Å². The van der Waals surface area contributed by atoms with E-state index in [1.807, 2.05) is 9.47 Å². The van der Waals surface area contributed by atoms with Crippen molar-refractivity contribution in [2.75, 3.05) is 25.5 Å². The van der Waals surface area contributed by atoms with Gasteiger partial charge in [0.2, 0.25) is 0 Å². The molecule has 1 aromatic heterocycles. The number of benzene rings is 1. The van der Waals surface area contributed by atoms with Gasteiger partial charge >= 0.3 is 6.03 Å². The van der Waals surface area contributed by atoms with Gasteiger partial charge in [0, 0.05) is 49.9 Å². The zero-order valence-electron chi connectivity index (χ0n) is 14.5. The number of rotatable bonds is 2. The summed E-state index contributed by atoms with van der Waals surface area (Å²) in [7, 11) is 0. The van der Waals surface area contributed by atoms with Crippen molar-refractivity contribution in [2.24, 2.45) is 0 Å². The van der Waals surface area contributed by atoms with Gasteiger partial charge in [-0.25, -0.2) is 9.18 Å². The third-order valence-corrected chi connectivity index (χ3v) is 5.55. The molecule has 1 aromatic carbocycles. The van der Waals surface area contributed by atoms with Gasteiger partial charge in [0.15, 0.2) is 5.78 Å². The predicted molar refractivity (Wildman–Crippen MR) is 98.2 cm³/mol. The molecule has 0 atom stereocenters. The molecule has 0 saturated carbocycles. The Morgan fingerprint density at radius 3 is 2.54 bits per heavy atom. The maximum atomic E-state index is 14.2. The molecule has 26 heavy (non-hydrogen) atoms. The number of Topliss-reactive ketones (excluding diaryl/α,β-unsaturated/α-hetero) is 1. The van der Waals surface area contributed by atoms with Crippen LogP contribution >= 0.6 is 11.6 Å². The average molecular weight is 378 g/mol. The molecule has 0 unspecified atom stereocenters. The van der Waals surface area contributed by atoms with Crippen LogP contribution in [-0.2, 0) is 13.1 Å². The summed E-state index contributed by atoms with van der Waals surface area (Å²) >= 11 is 5.71. The van der Waals surface area contributed by atoms with Crippen LogP contribution in [0.3, 0.4) is 0 Å². The number of hydrogen-bond donors (Lipinski definition) is 0. The van der Waals surface area contributed by atoms with E-state index in [-0.39, 0.29) is 17.7 Å². The van der Waals surface area contributed by atoms with E-state index >= 15 is 0 Å². The number of carbonyl (C=O) groups excluding carboxylic acids is 2. The summed E-state index contributed by atoms with van der Waals surface area (Å²) in [6, 6.07) is 2.87. The first-order valence-corrected chi connectivity index (χ1v) is 9.56. The summed E-state index contributed by atoms with van der Waals surface area (Å²) in [6.07, 6.45) is 4.98. The highest BCUT2D eigenvalue weighted by atomic mass is 35.5. The van der Waals surface area contributed by atoms with Crippen LogP contribution in [0.4, 0.5) is 9.18 Å². The predicted octanol–water partition coefficient (Wildman–Crippen LogP) is 3.62. The van der Waals surface area contributed by atoms with E-state index < -0.39 is 5.82 Å². The smallest absolute Gasteiger partial charge is 0.320 e. The number of nitrogens with zero attached hydrogens (tertiary/aromatic N) is 3. The van der Waals surface area contributed by atoms with Crippen LogP contribution in [0.15, 0.2) is 18.3 Å². The van der Waals surface area contributed by atoms with E-state index in [1.165, 1.54) is 12.1 Å². The average Bonchev–Trinajstić information content (AvgIpc) is 2.92. The highest BCUT2D eigenvalue weighted by Crippen LogP contribution is 2.30. The zero-order chi connectivity index (χ0) is 18.3. The minimum atomic E-state index is -0.402. The normalized spacial score (nSPS) is 17.5. The van der Waals surface area contributed by atoms with E-state index in [0.29, 0.717) is 30.6 Å². The summed E-state index contributed by atoms with van der Waals surface area (Å²) in [5, 5.41) is 0.581. The monoisotopic (exact) mass is 377 g/mol. The molecule has 0 radical (unpaired) electrons. The fourth-order valence-corrected chi connectivity index (χ4v) is 4.19. The Balaban J connectivity index is 1.71. The number of amides is 2. The van der Waals surface area contributed by atoms with E-state index in [0.717, 1.165) is 43.4 Å². The molecule has 5 nitrogen and oxygen atoms in total. The third kappa shape index (κ3) is 2.96. The quantitative estimate of drug-likeness (QED) is 0.592. The lowest BCUT2D eigenvalue weighted by Gasteiger charge is -2.32. The van der Waals surface area contributed by atoms with Crippen molar-refractivity contribution in [1.82, 2.24) is 14.4 Å². The van der Waals surface area contributed by atoms with Crippen molar-refractivity contribution >= 4 is 34.3 Å². The Labute approximate surface area is 156 Å². The minimum Gasteiger partial charge on any atom is -0.345 e. The SMILES string of the molecule is O=C(CCl)c1cn2c3c(cc(F)cc13)CN(C(=O)N1CCCCC1)CC2. The highest BCUT2D eigenvalue weighted by molar-refractivity contribution is 6.32. The van der Waals surface area contributed by atoms with Crippen LogP contribution in [0.5, 0.6) is 0 Å². The van der Waals surface area contributed by atoms with E-state index in [1.54, 1.807) is 11.1 Å². The van der Waals surface area contributed by atoms with Crippen molar-refractivity contribution in [3.8, 4) is 0 Å². The van der Waals surface area contributed by atoms with Crippen molar-refractivity contribution in [2.45, 2.75) is 32.4 Å².